The highest BCUT2D eigenvalue weighted by atomic mass is 15.2. The molecule has 11 aromatic carbocycles. The van der Waals surface area contributed by atoms with Crippen molar-refractivity contribution in [2.45, 2.75) is 0 Å². The molecule has 7 heteroatoms. The molecule has 16 aromatic rings. The summed E-state index contributed by atoms with van der Waals surface area (Å²) in [6, 6.07) is 111. The second kappa shape index (κ2) is 22.2. The first-order chi connectivity index (χ1) is 43.7. The predicted octanol–water partition coefficient (Wildman–Crippen LogP) is 21.3. The van der Waals surface area contributed by atoms with Crippen molar-refractivity contribution >= 4 is 77.7 Å². The number of rotatable bonds is 13. The first kappa shape index (κ1) is 51.7. The molecule has 5 aromatic heterocycles. The molecule has 0 atom stereocenters. The smallest absolute Gasteiger partial charge is 0.140 e. The molecule has 0 saturated carbocycles. The summed E-state index contributed by atoms with van der Waals surface area (Å²) < 4.78 is 4.71. The van der Waals surface area contributed by atoms with Crippen molar-refractivity contribution in [3.63, 3.8) is 0 Å². The molecule has 0 radical (unpaired) electrons. The molecule has 0 aliphatic rings. The molecular formula is C81H55N7. The number of anilines is 6. The van der Waals surface area contributed by atoms with Gasteiger partial charge in [0.15, 0.2) is 0 Å². The van der Waals surface area contributed by atoms with Crippen molar-refractivity contribution in [1.29, 1.82) is 0 Å². The van der Waals surface area contributed by atoms with Gasteiger partial charge in [0.05, 0.1) is 33.4 Å². The summed E-state index contributed by atoms with van der Waals surface area (Å²) in [7, 11) is 0. The number of benzene rings is 11. The van der Waals surface area contributed by atoms with Gasteiger partial charge in [0, 0.05) is 91.3 Å². The molecule has 0 saturated heterocycles. The summed E-state index contributed by atoms with van der Waals surface area (Å²) >= 11 is 0. The van der Waals surface area contributed by atoms with Gasteiger partial charge in [-0.05, 0) is 161 Å². The van der Waals surface area contributed by atoms with E-state index in [1.54, 1.807) is 0 Å². The molecule has 0 amide bonds. The Hall–Kier alpha value is -11.9. The summed E-state index contributed by atoms with van der Waals surface area (Å²) in [6.07, 6.45) is 7.52. The number of fused-ring (bicyclic) bond motifs is 6. The van der Waals surface area contributed by atoms with E-state index in [1.165, 1.54) is 0 Å². The third-order valence-corrected chi connectivity index (χ3v) is 16.9. The normalized spacial score (nSPS) is 11.4. The van der Waals surface area contributed by atoms with Crippen LogP contribution in [-0.2, 0) is 0 Å². The van der Waals surface area contributed by atoms with Crippen LogP contribution in [-0.4, -0.2) is 24.1 Å². The molecule has 0 aliphatic carbocycles. The fourth-order valence-electron chi connectivity index (χ4n) is 12.9. The Morgan fingerprint density at radius 2 is 0.625 bits per heavy atom. The molecule has 0 unspecified atom stereocenters. The Morgan fingerprint density at radius 1 is 0.239 bits per heavy atom. The highest BCUT2D eigenvalue weighted by Gasteiger charge is 2.24. The Bertz CT molecular complexity index is 4860. The van der Waals surface area contributed by atoms with Crippen LogP contribution in [0.4, 0.5) is 34.1 Å². The van der Waals surface area contributed by atoms with Crippen LogP contribution < -0.4 is 9.80 Å². The van der Waals surface area contributed by atoms with E-state index in [2.05, 4.69) is 326 Å². The van der Waals surface area contributed by atoms with Crippen LogP contribution in [0.2, 0.25) is 0 Å². The van der Waals surface area contributed by atoms with Crippen molar-refractivity contribution in [3.05, 3.63) is 334 Å². The lowest BCUT2D eigenvalue weighted by Gasteiger charge is -2.27. The molecule has 0 fully saturated rings. The first-order valence-electron chi connectivity index (χ1n) is 29.7. The zero-order chi connectivity index (χ0) is 58.3. The summed E-state index contributed by atoms with van der Waals surface area (Å²) in [5.74, 6) is 1.59. The molecule has 7 nitrogen and oxygen atoms in total. The lowest BCUT2D eigenvalue weighted by atomic mass is 9.92. The highest BCUT2D eigenvalue weighted by molar-refractivity contribution is 6.12. The van der Waals surface area contributed by atoms with E-state index in [0.29, 0.717) is 0 Å². The van der Waals surface area contributed by atoms with Gasteiger partial charge >= 0.3 is 0 Å². The van der Waals surface area contributed by atoms with Crippen molar-refractivity contribution in [3.8, 4) is 67.3 Å². The Kier molecular flexibility index (Phi) is 13.1. The van der Waals surface area contributed by atoms with Crippen molar-refractivity contribution in [2.75, 3.05) is 9.80 Å². The maximum absolute atomic E-state index is 5.85. The minimum Gasteiger partial charge on any atom is -0.310 e. The van der Waals surface area contributed by atoms with E-state index in [0.717, 1.165) is 145 Å². The minimum absolute atomic E-state index is 0.795. The van der Waals surface area contributed by atoms with Gasteiger partial charge in [-0.1, -0.05) is 182 Å². The fraction of sp³-hybridized carbons (Fsp3) is 0. The van der Waals surface area contributed by atoms with E-state index in [-0.39, 0.29) is 0 Å². The van der Waals surface area contributed by atoms with Crippen molar-refractivity contribution in [1.82, 2.24) is 24.1 Å². The molecule has 16 rings (SSSR count). The molecule has 88 heavy (non-hydrogen) atoms. The quantitative estimate of drug-likeness (QED) is 0.115. The van der Waals surface area contributed by atoms with Gasteiger partial charge in [0.2, 0.25) is 0 Å². The number of nitrogens with zero attached hydrogens (tertiary/aromatic N) is 7. The summed E-state index contributed by atoms with van der Waals surface area (Å²) in [5, 5.41) is 4.53. The monoisotopic (exact) mass is 1130 g/mol. The van der Waals surface area contributed by atoms with Gasteiger partial charge in [-0.2, -0.15) is 0 Å². The maximum atomic E-state index is 5.85. The molecule has 0 aliphatic heterocycles. The van der Waals surface area contributed by atoms with E-state index in [9.17, 15) is 0 Å². The van der Waals surface area contributed by atoms with E-state index < -0.39 is 0 Å². The average Bonchev–Trinajstić information content (AvgIpc) is 1.99. The summed E-state index contributed by atoms with van der Waals surface area (Å²) in [6.45, 7) is 0. The largest absolute Gasteiger partial charge is 0.310 e. The van der Waals surface area contributed by atoms with Gasteiger partial charge in [0.25, 0.3) is 0 Å². The summed E-state index contributed by atoms with van der Waals surface area (Å²) in [4.78, 5) is 19.7. The highest BCUT2D eigenvalue weighted by Crippen LogP contribution is 2.46. The third-order valence-electron chi connectivity index (χ3n) is 16.9. The average molecular weight is 1130 g/mol. The topological polar surface area (TPSA) is 55.0 Å². The molecule has 0 bridgehead atoms. The van der Waals surface area contributed by atoms with Gasteiger partial charge in [-0.15, -0.1) is 0 Å². The molecule has 5 heterocycles. The van der Waals surface area contributed by atoms with E-state index in [4.69, 9.17) is 4.98 Å². The third kappa shape index (κ3) is 9.22. The Balaban J connectivity index is 0.909. The molecule has 414 valence electrons. The van der Waals surface area contributed by atoms with Crippen LogP contribution in [0.15, 0.2) is 334 Å². The van der Waals surface area contributed by atoms with Gasteiger partial charge in [-0.3, -0.25) is 19.1 Å². The van der Waals surface area contributed by atoms with Crippen LogP contribution in [0, 0.1) is 0 Å². The number of pyridine rings is 3. The van der Waals surface area contributed by atoms with Crippen LogP contribution in [0.1, 0.15) is 0 Å². The lowest BCUT2D eigenvalue weighted by molar-refractivity contribution is 1.01. The lowest BCUT2D eigenvalue weighted by Crippen LogP contribution is -2.10. The maximum Gasteiger partial charge on any atom is 0.140 e. The number of para-hydroxylation sites is 8. The van der Waals surface area contributed by atoms with Gasteiger partial charge in [0.1, 0.15) is 11.6 Å². The number of hydrogen-bond donors (Lipinski definition) is 0. The Labute approximate surface area is 510 Å². The minimum atomic E-state index is 0.795. The standard InChI is InChI=1S/C81H55N7/c1-5-25-62(26-6-1)85(63-27-7-2-8-28-63)74-37-17-13-33-67(74)57-42-45-78-72(50-57)69-35-15-19-39-76(69)87(78)80-52-61(56-41-44-66(59-23-21-47-82-54-59)71(49-56)60-24-22-48-83-55-60)53-81(84-80)88-77-40-20-16-36-70(77)73-51-58(43-46-79(73)88)68-34-14-18-38-75(68)86(64-29-9-3-10-30-64)65-31-11-4-12-32-65/h1-55H. The molecule has 0 N–H and O–H groups in total. The number of aromatic nitrogens is 5. The zero-order valence-electron chi connectivity index (χ0n) is 47.9. The number of hydrogen-bond acceptors (Lipinski definition) is 5. The second-order valence-corrected chi connectivity index (χ2v) is 22.0. The van der Waals surface area contributed by atoms with Crippen molar-refractivity contribution < 1.29 is 0 Å². The van der Waals surface area contributed by atoms with Crippen molar-refractivity contribution in [2.24, 2.45) is 0 Å². The molecule has 0 spiro atoms. The fourth-order valence-corrected chi connectivity index (χ4v) is 12.9. The van der Waals surface area contributed by atoms with Crippen LogP contribution in [0.25, 0.3) is 111 Å². The van der Waals surface area contributed by atoms with E-state index in [1.807, 2.05) is 36.9 Å². The van der Waals surface area contributed by atoms with Gasteiger partial charge in [-0.25, -0.2) is 4.98 Å². The van der Waals surface area contributed by atoms with Crippen LogP contribution in [0.5, 0.6) is 0 Å². The first-order valence-corrected chi connectivity index (χ1v) is 29.7. The SMILES string of the molecule is c1ccc(N(c2ccccc2)c2ccccc2-c2ccc3c(c2)c2ccccc2n3-c2cc(-c3ccc(-c4cccnc4)c(-c4cccnc4)c3)cc(-n3c4ccccc4c4cc(-c5ccccc5N(c5ccccc5)c5ccccc5)ccc43)n2)cc1. The predicted molar refractivity (Wildman–Crippen MR) is 365 cm³/mol. The van der Waals surface area contributed by atoms with E-state index >= 15 is 0 Å². The summed E-state index contributed by atoms with van der Waals surface area (Å²) in [5.41, 5.74) is 21.4. The van der Waals surface area contributed by atoms with Crippen LogP contribution in [0.3, 0.4) is 0 Å². The molecular weight excluding hydrogens is 1070 g/mol. The van der Waals surface area contributed by atoms with Gasteiger partial charge < -0.3 is 9.80 Å². The zero-order valence-corrected chi connectivity index (χ0v) is 47.9. The Morgan fingerprint density at radius 3 is 1.07 bits per heavy atom. The van der Waals surface area contributed by atoms with Crippen LogP contribution >= 0.6 is 0 Å². The second-order valence-electron chi connectivity index (χ2n) is 22.0.